The average molecular weight is 449 g/mol. The van der Waals surface area contributed by atoms with Gasteiger partial charge in [0.05, 0.1) is 7.11 Å². The topological polar surface area (TPSA) is 65.1 Å². The molecular formula is C23H36N4O3S. The van der Waals surface area contributed by atoms with Crippen molar-refractivity contribution < 1.29 is 14.3 Å². The van der Waals surface area contributed by atoms with Gasteiger partial charge in [-0.05, 0) is 75.7 Å². The number of ether oxygens (including phenoxy) is 1. The molecule has 1 aromatic rings. The van der Waals surface area contributed by atoms with Crippen molar-refractivity contribution >= 4 is 23.6 Å². The number of thioether (sulfide) groups is 1. The molecule has 0 unspecified atom stereocenters. The molecule has 0 saturated carbocycles. The number of nitrogens with one attached hydrogen (secondary N) is 1. The summed E-state index contributed by atoms with van der Waals surface area (Å²) in [6.45, 7) is 5.61. The maximum absolute atomic E-state index is 13.3. The van der Waals surface area contributed by atoms with Crippen molar-refractivity contribution in [3.05, 3.63) is 29.8 Å². The van der Waals surface area contributed by atoms with E-state index in [1.54, 1.807) is 43.1 Å². The van der Waals surface area contributed by atoms with Gasteiger partial charge < -0.3 is 19.9 Å². The minimum Gasteiger partial charge on any atom is -0.497 e. The second kappa shape index (κ2) is 11.7. The van der Waals surface area contributed by atoms with Gasteiger partial charge in [-0.2, -0.15) is 11.8 Å². The van der Waals surface area contributed by atoms with E-state index in [1.165, 1.54) is 12.8 Å². The van der Waals surface area contributed by atoms with Crippen LogP contribution in [0.2, 0.25) is 0 Å². The van der Waals surface area contributed by atoms with E-state index in [9.17, 15) is 9.59 Å². The Balaban J connectivity index is 1.56. The Kier molecular flexibility index (Phi) is 9.04. The number of piperidine rings is 1. The molecule has 2 aliphatic heterocycles. The number of piperazine rings is 1. The van der Waals surface area contributed by atoms with Crippen molar-refractivity contribution in [2.24, 2.45) is 0 Å². The second-order valence-electron chi connectivity index (χ2n) is 8.43. The fourth-order valence-corrected chi connectivity index (χ4v) is 4.84. The second-order valence-corrected chi connectivity index (χ2v) is 9.42. The molecule has 2 aliphatic rings. The predicted octanol–water partition coefficient (Wildman–Crippen LogP) is 1.79. The lowest BCUT2D eigenvalue weighted by atomic mass is 10.0. The molecule has 0 aliphatic carbocycles. The first-order chi connectivity index (χ1) is 15.0. The number of carbonyl (C=O) groups is 2. The molecule has 8 heteroatoms. The molecule has 1 atom stereocenters. The van der Waals surface area contributed by atoms with Gasteiger partial charge in [-0.15, -0.1) is 0 Å². The Labute approximate surface area is 190 Å². The average Bonchev–Trinajstić information content (AvgIpc) is 2.82. The van der Waals surface area contributed by atoms with Gasteiger partial charge in [0, 0.05) is 37.8 Å². The van der Waals surface area contributed by atoms with E-state index in [4.69, 9.17) is 4.74 Å². The number of hydrogen-bond acceptors (Lipinski definition) is 6. The maximum atomic E-state index is 13.3. The summed E-state index contributed by atoms with van der Waals surface area (Å²) in [7, 11) is 3.78. The molecule has 1 aromatic carbocycles. The third-order valence-electron chi connectivity index (χ3n) is 6.40. The third kappa shape index (κ3) is 6.60. The number of methoxy groups -OCH3 is 1. The number of amides is 2. The van der Waals surface area contributed by atoms with Crippen LogP contribution in [0.15, 0.2) is 24.3 Å². The lowest BCUT2D eigenvalue weighted by Crippen LogP contribution is -2.57. The van der Waals surface area contributed by atoms with E-state index in [-0.39, 0.29) is 11.8 Å². The number of hydrogen-bond donors (Lipinski definition) is 1. The van der Waals surface area contributed by atoms with E-state index in [0.717, 1.165) is 45.0 Å². The number of likely N-dealkylation sites (tertiary alicyclic amines) is 1. The first kappa shape index (κ1) is 23.9. The normalized spacial score (nSPS) is 19.8. The zero-order valence-electron chi connectivity index (χ0n) is 19.0. The minimum absolute atomic E-state index is 0.0407. The summed E-state index contributed by atoms with van der Waals surface area (Å²) in [5, 5.41) is 2.98. The lowest BCUT2D eigenvalue weighted by Gasteiger charge is -2.42. The molecule has 172 valence electrons. The molecule has 0 aromatic heterocycles. The fourth-order valence-electron chi connectivity index (χ4n) is 4.37. The van der Waals surface area contributed by atoms with Crippen molar-refractivity contribution in [3.63, 3.8) is 0 Å². The fraction of sp³-hybridized carbons (Fsp3) is 0.652. The summed E-state index contributed by atoms with van der Waals surface area (Å²) in [5.74, 6) is 1.36. The van der Waals surface area contributed by atoms with Crippen LogP contribution in [0, 0.1) is 0 Å². The van der Waals surface area contributed by atoms with Crippen LogP contribution in [-0.2, 0) is 4.79 Å². The Bertz CT molecular complexity index is 714. The molecule has 1 N–H and O–H groups in total. The Morgan fingerprint density at radius 1 is 1.10 bits per heavy atom. The van der Waals surface area contributed by atoms with E-state index >= 15 is 0 Å². The molecule has 2 fully saturated rings. The van der Waals surface area contributed by atoms with Crippen LogP contribution >= 0.6 is 11.8 Å². The molecule has 3 rings (SSSR count). The van der Waals surface area contributed by atoms with Gasteiger partial charge in [-0.25, -0.2) is 0 Å². The van der Waals surface area contributed by atoms with Gasteiger partial charge >= 0.3 is 0 Å². The largest absolute Gasteiger partial charge is 0.497 e. The predicted molar refractivity (Wildman–Crippen MR) is 126 cm³/mol. The zero-order chi connectivity index (χ0) is 22.2. The quantitative estimate of drug-likeness (QED) is 0.654. The van der Waals surface area contributed by atoms with Gasteiger partial charge in [0.1, 0.15) is 11.8 Å². The van der Waals surface area contributed by atoms with Crippen LogP contribution in [0.5, 0.6) is 5.75 Å². The van der Waals surface area contributed by atoms with Crippen molar-refractivity contribution in [2.75, 3.05) is 65.4 Å². The first-order valence-electron chi connectivity index (χ1n) is 11.2. The summed E-state index contributed by atoms with van der Waals surface area (Å²) in [4.78, 5) is 32.9. The lowest BCUT2D eigenvalue weighted by molar-refractivity contribution is -0.135. The van der Waals surface area contributed by atoms with Crippen LogP contribution in [0.1, 0.15) is 29.6 Å². The molecular weight excluding hydrogens is 412 g/mol. The molecule has 2 heterocycles. The summed E-state index contributed by atoms with van der Waals surface area (Å²) < 4.78 is 5.16. The number of rotatable bonds is 8. The Hall–Kier alpha value is -1.77. The Morgan fingerprint density at radius 3 is 2.32 bits per heavy atom. The number of benzene rings is 1. The minimum atomic E-state index is -0.489. The summed E-state index contributed by atoms with van der Waals surface area (Å²) >= 11 is 1.69. The van der Waals surface area contributed by atoms with Crippen molar-refractivity contribution in [1.29, 1.82) is 0 Å². The smallest absolute Gasteiger partial charge is 0.251 e. The van der Waals surface area contributed by atoms with Crippen molar-refractivity contribution in [3.8, 4) is 5.75 Å². The summed E-state index contributed by atoms with van der Waals surface area (Å²) in [6, 6.07) is 7.12. The van der Waals surface area contributed by atoms with Crippen LogP contribution in [0.25, 0.3) is 0 Å². The first-order valence-corrected chi connectivity index (χ1v) is 12.6. The van der Waals surface area contributed by atoms with Gasteiger partial charge in [-0.3, -0.25) is 14.5 Å². The maximum Gasteiger partial charge on any atom is 0.251 e. The summed E-state index contributed by atoms with van der Waals surface area (Å²) in [5.41, 5.74) is 0.537. The van der Waals surface area contributed by atoms with Crippen LogP contribution in [0.4, 0.5) is 0 Å². The highest BCUT2D eigenvalue weighted by molar-refractivity contribution is 7.98. The van der Waals surface area contributed by atoms with E-state index in [1.807, 2.05) is 11.2 Å². The van der Waals surface area contributed by atoms with Gasteiger partial charge in [0.25, 0.3) is 5.91 Å². The molecule has 2 amide bonds. The highest BCUT2D eigenvalue weighted by Gasteiger charge is 2.31. The van der Waals surface area contributed by atoms with Crippen LogP contribution in [-0.4, -0.2) is 104 Å². The molecule has 0 spiro atoms. The highest BCUT2D eigenvalue weighted by Crippen LogP contribution is 2.18. The van der Waals surface area contributed by atoms with Crippen molar-refractivity contribution in [2.45, 2.75) is 31.3 Å². The zero-order valence-corrected chi connectivity index (χ0v) is 19.8. The van der Waals surface area contributed by atoms with Gasteiger partial charge in [0.2, 0.25) is 5.91 Å². The molecule has 0 bridgehead atoms. The van der Waals surface area contributed by atoms with Gasteiger partial charge in [0.15, 0.2) is 0 Å². The Morgan fingerprint density at radius 2 is 1.74 bits per heavy atom. The standard InChI is InChI=1S/C23H36N4O3S/c1-25-11-8-19(9-12-25)26-13-15-27(16-14-26)23(29)21(10-17-31-3)24-22(28)18-4-6-20(30-2)7-5-18/h4-7,19,21H,8-17H2,1-3H3,(H,24,28)/t21-/m0/s1. The van der Waals surface area contributed by atoms with Gasteiger partial charge in [-0.1, -0.05) is 0 Å². The van der Waals surface area contributed by atoms with E-state index in [0.29, 0.717) is 23.8 Å². The highest BCUT2D eigenvalue weighted by atomic mass is 32.2. The number of nitrogens with zero attached hydrogens (tertiary/aromatic N) is 3. The molecule has 7 nitrogen and oxygen atoms in total. The molecule has 0 radical (unpaired) electrons. The molecule has 2 saturated heterocycles. The molecule has 31 heavy (non-hydrogen) atoms. The van der Waals surface area contributed by atoms with Crippen LogP contribution in [0.3, 0.4) is 0 Å². The summed E-state index contributed by atoms with van der Waals surface area (Å²) in [6.07, 6.45) is 5.07. The third-order valence-corrected chi connectivity index (χ3v) is 7.04. The van der Waals surface area contributed by atoms with E-state index < -0.39 is 6.04 Å². The monoisotopic (exact) mass is 448 g/mol. The SMILES string of the molecule is COc1ccc(C(=O)N[C@@H](CCSC)C(=O)N2CCN(C3CCN(C)CC3)CC2)cc1. The van der Waals surface area contributed by atoms with E-state index in [2.05, 4.69) is 22.2 Å². The van der Waals surface area contributed by atoms with Crippen molar-refractivity contribution in [1.82, 2.24) is 20.0 Å². The van der Waals surface area contributed by atoms with Crippen LogP contribution < -0.4 is 10.1 Å². The number of carbonyl (C=O) groups excluding carboxylic acids is 2.